The van der Waals surface area contributed by atoms with Crippen LogP contribution in [0.25, 0.3) is 0 Å². The van der Waals surface area contributed by atoms with Crippen molar-refractivity contribution in [1.29, 1.82) is 0 Å². The van der Waals surface area contributed by atoms with E-state index in [4.69, 9.17) is 0 Å². The number of halogens is 5. The highest BCUT2D eigenvalue weighted by molar-refractivity contribution is 7.86. The van der Waals surface area contributed by atoms with Gasteiger partial charge in [0.15, 0.2) is 6.61 Å². The van der Waals surface area contributed by atoms with Crippen LogP contribution in [0.15, 0.2) is 29.2 Å². The molecule has 0 amide bonds. The standard InChI is InChI=1S/C10H9F5O4S/c1-7-2-4-8(5-3-7)20(16,17)19-18-6-9(11,12)10(13,14)15/h2-5H,6H2,1H3. The minimum Gasteiger partial charge on any atom is -0.213 e. The Morgan fingerprint density at radius 3 is 2.00 bits per heavy atom. The van der Waals surface area contributed by atoms with Gasteiger partial charge in [-0.15, -0.1) is 4.33 Å². The molecule has 0 aliphatic heterocycles. The zero-order chi connectivity index (χ0) is 15.6. The van der Waals surface area contributed by atoms with E-state index >= 15 is 0 Å². The molecule has 4 nitrogen and oxygen atoms in total. The molecule has 0 fully saturated rings. The van der Waals surface area contributed by atoms with Crippen LogP contribution >= 0.6 is 0 Å². The number of rotatable bonds is 5. The summed E-state index contributed by atoms with van der Waals surface area (Å²) >= 11 is 0. The molecular weight excluding hydrogens is 311 g/mol. The molecule has 0 spiro atoms. The van der Waals surface area contributed by atoms with E-state index in [0.29, 0.717) is 5.56 Å². The second-order valence-corrected chi connectivity index (χ2v) is 5.32. The third-order valence-corrected chi connectivity index (χ3v) is 3.23. The Kier molecular flexibility index (Phi) is 4.72. The van der Waals surface area contributed by atoms with E-state index in [1.807, 2.05) is 0 Å². The molecule has 0 saturated heterocycles. The van der Waals surface area contributed by atoms with Crippen molar-refractivity contribution in [2.24, 2.45) is 0 Å². The molecule has 10 heteroatoms. The number of aryl methyl sites for hydroxylation is 1. The van der Waals surface area contributed by atoms with Gasteiger partial charge >= 0.3 is 22.2 Å². The molecule has 0 saturated carbocycles. The topological polar surface area (TPSA) is 52.6 Å². The number of benzene rings is 1. The lowest BCUT2D eigenvalue weighted by atomic mass is 10.2. The van der Waals surface area contributed by atoms with Crippen molar-refractivity contribution >= 4 is 10.1 Å². The van der Waals surface area contributed by atoms with Crippen molar-refractivity contribution in [1.82, 2.24) is 0 Å². The minimum atomic E-state index is -5.86. The molecule has 0 atom stereocenters. The van der Waals surface area contributed by atoms with Gasteiger partial charge in [-0.2, -0.15) is 30.4 Å². The fourth-order valence-electron chi connectivity index (χ4n) is 0.987. The van der Waals surface area contributed by atoms with E-state index in [0.717, 1.165) is 12.1 Å². The van der Waals surface area contributed by atoms with Crippen LogP contribution in [-0.2, 0) is 19.3 Å². The zero-order valence-corrected chi connectivity index (χ0v) is 10.8. The van der Waals surface area contributed by atoms with Crippen LogP contribution in [0, 0.1) is 6.92 Å². The Labute approximate surface area is 111 Å². The lowest BCUT2D eigenvalue weighted by Gasteiger charge is -2.18. The molecule has 0 bridgehead atoms. The van der Waals surface area contributed by atoms with E-state index in [2.05, 4.69) is 9.22 Å². The first-order valence-corrected chi connectivity index (χ1v) is 6.44. The van der Waals surface area contributed by atoms with Gasteiger partial charge in [-0.25, -0.2) is 4.89 Å². The third kappa shape index (κ3) is 4.12. The van der Waals surface area contributed by atoms with Gasteiger partial charge < -0.3 is 0 Å². The fourth-order valence-corrected chi connectivity index (χ4v) is 1.71. The summed E-state index contributed by atoms with van der Waals surface area (Å²) in [6.07, 6.45) is -5.86. The smallest absolute Gasteiger partial charge is 0.213 e. The molecule has 0 unspecified atom stereocenters. The SMILES string of the molecule is Cc1ccc(S(=O)(=O)OOCC(F)(F)C(F)(F)F)cc1. The molecule has 1 aromatic carbocycles. The van der Waals surface area contributed by atoms with Crippen molar-refractivity contribution in [3.05, 3.63) is 29.8 Å². The van der Waals surface area contributed by atoms with Crippen LogP contribution in [0.5, 0.6) is 0 Å². The highest BCUT2D eigenvalue weighted by Crippen LogP contribution is 2.35. The van der Waals surface area contributed by atoms with Crippen molar-refractivity contribution in [2.45, 2.75) is 23.9 Å². The van der Waals surface area contributed by atoms with Gasteiger partial charge in [-0.05, 0) is 19.1 Å². The van der Waals surface area contributed by atoms with Crippen LogP contribution in [0.4, 0.5) is 22.0 Å². The van der Waals surface area contributed by atoms with E-state index in [-0.39, 0.29) is 0 Å². The van der Waals surface area contributed by atoms with Crippen LogP contribution in [-0.4, -0.2) is 27.1 Å². The fraction of sp³-hybridized carbons (Fsp3) is 0.400. The Morgan fingerprint density at radius 1 is 1.05 bits per heavy atom. The van der Waals surface area contributed by atoms with Crippen molar-refractivity contribution in [3.8, 4) is 0 Å². The highest BCUT2D eigenvalue weighted by atomic mass is 32.2. The van der Waals surface area contributed by atoms with Crippen molar-refractivity contribution in [3.63, 3.8) is 0 Å². The molecule has 0 radical (unpaired) electrons. The molecule has 0 N–H and O–H groups in total. The van der Waals surface area contributed by atoms with Gasteiger partial charge in [0.25, 0.3) is 0 Å². The summed E-state index contributed by atoms with van der Waals surface area (Å²) in [5, 5.41) is 0. The summed E-state index contributed by atoms with van der Waals surface area (Å²) < 4.78 is 86.7. The first-order valence-electron chi connectivity index (χ1n) is 5.03. The van der Waals surface area contributed by atoms with E-state index in [9.17, 15) is 30.4 Å². The molecule has 0 heterocycles. The van der Waals surface area contributed by atoms with Gasteiger partial charge in [0, 0.05) is 0 Å². The average molecular weight is 320 g/mol. The molecule has 0 aliphatic carbocycles. The van der Waals surface area contributed by atoms with E-state index < -0.39 is 33.7 Å². The van der Waals surface area contributed by atoms with Crippen molar-refractivity contribution in [2.75, 3.05) is 6.61 Å². The van der Waals surface area contributed by atoms with Crippen LogP contribution in [0.2, 0.25) is 0 Å². The maximum absolute atomic E-state index is 12.4. The molecule has 1 aromatic rings. The Bertz CT molecular complexity index is 550. The van der Waals surface area contributed by atoms with Crippen LogP contribution in [0.3, 0.4) is 0 Å². The summed E-state index contributed by atoms with van der Waals surface area (Å²) in [7, 11) is -4.57. The summed E-state index contributed by atoms with van der Waals surface area (Å²) in [6.45, 7) is -0.598. The molecule has 20 heavy (non-hydrogen) atoms. The normalized spacial score (nSPS) is 13.5. The minimum absolute atomic E-state index is 0.432. The molecule has 114 valence electrons. The summed E-state index contributed by atoms with van der Waals surface area (Å²) in [5.41, 5.74) is 0.716. The van der Waals surface area contributed by atoms with E-state index in [1.165, 1.54) is 12.1 Å². The lowest BCUT2D eigenvalue weighted by molar-refractivity contribution is -0.334. The maximum atomic E-state index is 12.4. The van der Waals surface area contributed by atoms with Crippen LogP contribution < -0.4 is 0 Å². The van der Waals surface area contributed by atoms with Gasteiger partial charge in [0.05, 0.1) is 4.90 Å². The van der Waals surface area contributed by atoms with Crippen molar-refractivity contribution < 1.29 is 39.6 Å². The first kappa shape index (κ1) is 16.8. The Balaban J connectivity index is 2.68. The monoisotopic (exact) mass is 320 g/mol. The van der Waals surface area contributed by atoms with E-state index in [1.54, 1.807) is 6.92 Å². The van der Waals surface area contributed by atoms with Gasteiger partial charge in [0.1, 0.15) is 0 Å². The third-order valence-electron chi connectivity index (χ3n) is 2.10. The second kappa shape index (κ2) is 5.62. The molecule has 0 aliphatic rings. The summed E-state index contributed by atoms with van der Waals surface area (Å²) in [4.78, 5) is 3.08. The molecule has 1 rings (SSSR count). The quantitative estimate of drug-likeness (QED) is 0.475. The second-order valence-electron chi connectivity index (χ2n) is 3.80. The largest absolute Gasteiger partial charge is 0.455 e. The Morgan fingerprint density at radius 2 is 1.55 bits per heavy atom. The number of alkyl halides is 5. The average Bonchev–Trinajstić information content (AvgIpc) is 2.27. The lowest BCUT2D eigenvalue weighted by Crippen LogP contribution is -2.40. The zero-order valence-electron chi connectivity index (χ0n) is 9.95. The summed E-state index contributed by atoms with van der Waals surface area (Å²) in [5.74, 6) is -5.21. The number of hydrogen-bond donors (Lipinski definition) is 0. The summed E-state index contributed by atoms with van der Waals surface area (Å²) in [6, 6.07) is 4.97. The number of hydrogen-bond acceptors (Lipinski definition) is 4. The predicted octanol–water partition coefficient (Wildman–Crippen LogP) is 2.83. The van der Waals surface area contributed by atoms with Gasteiger partial charge in [-0.3, -0.25) is 0 Å². The van der Waals surface area contributed by atoms with Gasteiger partial charge in [-0.1, -0.05) is 17.7 Å². The highest BCUT2D eigenvalue weighted by Gasteiger charge is 2.58. The predicted molar refractivity (Wildman–Crippen MR) is 56.4 cm³/mol. The first-order chi connectivity index (χ1) is 8.96. The Hall–Kier alpha value is -1.26. The van der Waals surface area contributed by atoms with Crippen LogP contribution in [0.1, 0.15) is 5.56 Å². The maximum Gasteiger partial charge on any atom is 0.455 e. The molecule has 0 aromatic heterocycles. The molecular formula is C10H9F5O4S. The van der Waals surface area contributed by atoms with Gasteiger partial charge in [0.2, 0.25) is 0 Å².